The summed E-state index contributed by atoms with van der Waals surface area (Å²) in [5.74, 6) is 0. The van der Waals surface area contributed by atoms with Gasteiger partial charge in [-0.05, 0) is 66.9 Å². The zero-order valence-corrected chi connectivity index (χ0v) is 22.6. The summed E-state index contributed by atoms with van der Waals surface area (Å²) in [4.78, 5) is 90.6. The second-order valence-electron chi connectivity index (χ2n) is 1.00. The van der Waals surface area contributed by atoms with E-state index in [4.69, 9.17) is 112 Å². The first-order chi connectivity index (χ1) is 15.6. The molecule has 22 nitrogen and oxygen atoms in total. The smallest absolute Gasteiger partial charge is 0.724 e. The van der Waals surface area contributed by atoms with Gasteiger partial charge >= 0.3 is 81.8 Å². The third-order valence-electron chi connectivity index (χ3n) is 0. The molecule has 0 rings (SSSR count). The Kier molecular flexibility index (Phi) is 2280. The first-order valence-electron chi connectivity index (χ1n) is 4.71. The molecule has 0 atom stereocenters. The van der Waals surface area contributed by atoms with Crippen LogP contribution in [0.4, 0.5) is 0 Å². The zero-order chi connectivity index (χ0) is 29.8. The average molecular weight is 836 g/mol. The van der Waals surface area contributed by atoms with Gasteiger partial charge in [0.25, 0.3) is 0 Å². The molecule has 0 aliphatic carbocycles. The molecule has 0 amide bonds. The molecular formula is C11BeCoCrN11NiO11Pt. The summed E-state index contributed by atoms with van der Waals surface area (Å²) in [6.45, 7) is 0. The van der Waals surface area contributed by atoms with Gasteiger partial charge in [-0.1, -0.05) is 0 Å². The molecule has 27 heteroatoms. The molecule has 0 unspecified atom stereocenters. The maximum Gasteiger partial charge on any atom is 3.00 e. The molecule has 0 saturated carbocycles. The fourth-order valence-electron chi connectivity index (χ4n) is 0. The van der Waals surface area contributed by atoms with E-state index in [2.05, 4.69) is 0 Å². The fourth-order valence-corrected chi connectivity index (χ4v) is 0. The van der Waals surface area contributed by atoms with Crippen molar-refractivity contribution in [2.45, 2.75) is 0 Å². The Labute approximate surface area is 259 Å². The largest absolute Gasteiger partial charge is 3.00 e. The fraction of sp³-hybridized carbons (Fsp3) is 0. The predicted molar refractivity (Wildman–Crippen MR) is 105 cm³/mol. The monoisotopic (exact) mass is 835 g/mol. The topological polar surface area (TPSA) is 433 Å². The molecule has 0 aliphatic heterocycles. The minimum Gasteiger partial charge on any atom is -0.724 e. The Hall–Kier alpha value is -4.43. The van der Waals surface area contributed by atoms with Crippen LogP contribution in [-0.4, -0.2) is 77.0 Å². The molecule has 2 radical (unpaired) electrons. The van der Waals surface area contributed by atoms with Gasteiger partial charge < -0.3 is 59.5 Å². The summed E-state index contributed by atoms with van der Waals surface area (Å²) in [6, 6.07) is 0. The quantitative estimate of drug-likeness (QED) is 0.152. The number of nitrogens with zero attached hydrogens (tertiary/aromatic N) is 11. The van der Waals surface area contributed by atoms with Gasteiger partial charge in [-0.15, -0.1) is 0 Å². The number of hydrogen-bond acceptors (Lipinski definition) is 11. The van der Waals surface area contributed by atoms with Crippen molar-refractivity contribution in [3.05, 3.63) is 59.5 Å². The molecule has 0 N–H and O–H groups in total. The molecule has 0 aromatic carbocycles. The standard InChI is InChI=1S/11CNO.Be.Co.Cr.Ni.Pt/c11*2-1-3;;;;;/q11*-1;2*+2;+3;2*+2. The SMILES string of the molecule is [Be+2].[Co+2].[Cr+3].[N-]=C=O.[N-]=C=O.[N-]=C=O.[N-]=C=O.[N-]=C=O.[N-]=C=O.[N-]=C=O.[N-]=C=O.[N-]=C=O.[N-]=C=O.[N-]=C=O.[Ni+2].[Pt+2]. The van der Waals surface area contributed by atoms with E-state index in [0.29, 0.717) is 66.9 Å². The molecule has 0 aliphatic rings. The van der Waals surface area contributed by atoms with Crippen LogP contribution in [-0.2, 0) is 124 Å². The molecule has 0 aromatic heterocycles. The third kappa shape index (κ3) is 1500. The van der Waals surface area contributed by atoms with Crippen molar-refractivity contribution in [3.63, 3.8) is 0 Å². The maximum absolute atomic E-state index is 8.24. The number of carbonyl (C=O) groups excluding carboxylic acids is 11. The molecule has 38 heavy (non-hydrogen) atoms. The van der Waals surface area contributed by atoms with E-state index >= 15 is 0 Å². The molecule has 202 valence electrons. The molecule has 0 fully saturated rings. The summed E-state index contributed by atoms with van der Waals surface area (Å²) in [5, 5.41) is 74.4. The van der Waals surface area contributed by atoms with E-state index in [9.17, 15) is 0 Å². The Morgan fingerprint density at radius 1 is 0.289 bits per heavy atom. The van der Waals surface area contributed by atoms with E-state index < -0.39 is 0 Å². The van der Waals surface area contributed by atoms with Crippen molar-refractivity contribution in [2.24, 2.45) is 0 Å². The van der Waals surface area contributed by atoms with Crippen LogP contribution >= 0.6 is 0 Å². The van der Waals surface area contributed by atoms with Gasteiger partial charge in [-0.3, -0.25) is 52.7 Å². The molecular weight excluding hydrogens is 836 g/mol. The van der Waals surface area contributed by atoms with Gasteiger partial charge in [0.1, 0.15) is 0 Å². The van der Waals surface area contributed by atoms with Crippen LogP contribution in [0.5, 0.6) is 0 Å². The average Bonchev–Trinajstić information content (AvgIpc) is 2.68. The van der Waals surface area contributed by atoms with Gasteiger partial charge in [-0.25, -0.2) is 0 Å². The number of rotatable bonds is 0. The van der Waals surface area contributed by atoms with Crippen LogP contribution in [0.2, 0.25) is 0 Å². The maximum atomic E-state index is 8.24. The van der Waals surface area contributed by atoms with E-state index in [0.717, 1.165) is 0 Å². The van der Waals surface area contributed by atoms with Crippen molar-refractivity contribution < 1.29 is 124 Å². The Balaban J connectivity index is -0.00000000988. The first kappa shape index (κ1) is 115. The van der Waals surface area contributed by atoms with Crippen molar-refractivity contribution in [3.8, 4) is 0 Å². The van der Waals surface area contributed by atoms with Crippen molar-refractivity contribution in [2.75, 3.05) is 0 Å². The normalized spacial score (nSPS) is 2.32. The molecule has 0 bridgehead atoms. The van der Waals surface area contributed by atoms with Gasteiger partial charge in [0, 0.05) is 0 Å². The second-order valence-corrected chi connectivity index (χ2v) is 1.00. The van der Waals surface area contributed by atoms with Crippen LogP contribution < -0.4 is 0 Å². The minimum atomic E-state index is 0. The summed E-state index contributed by atoms with van der Waals surface area (Å²) in [5.41, 5.74) is 0. The van der Waals surface area contributed by atoms with Gasteiger partial charge in [0.05, 0.1) is 0 Å². The molecule has 0 spiro atoms. The number of hydrogen-bond donors (Lipinski definition) is 0. The summed E-state index contributed by atoms with van der Waals surface area (Å²) in [6.07, 6.45) is 5.50. The van der Waals surface area contributed by atoms with Crippen LogP contribution in [0.1, 0.15) is 0 Å². The summed E-state index contributed by atoms with van der Waals surface area (Å²) in [7, 11) is 0. The Bertz CT molecular complexity index is 545. The second kappa shape index (κ2) is 752. The predicted octanol–water partition coefficient (Wildman–Crippen LogP) is -1.58. The molecule has 0 saturated heterocycles. The van der Waals surface area contributed by atoms with E-state index in [1.807, 2.05) is 0 Å². The number of isocyanates is 11. The molecule has 0 heterocycles. The van der Waals surface area contributed by atoms with Crippen LogP contribution in [0.25, 0.3) is 59.5 Å². The zero-order valence-electron chi connectivity index (χ0n) is 17.0. The van der Waals surface area contributed by atoms with E-state index in [1.165, 1.54) is 0 Å². The van der Waals surface area contributed by atoms with Crippen LogP contribution in [0.15, 0.2) is 0 Å². The van der Waals surface area contributed by atoms with Crippen molar-refractivity contribution in [1.82, 2.24) is 0 Å². The Morgan fingerprint density at radius 2 is 0.289 bits per heavy atom. The van der Waals surface area contributed by atoms with Gasteiger partial charge in [0.15, 0.2) is 0 Å². The van der Waals surface area contributed by atoms with Crippen LogP contribution in [0.3, 0.4) is 0 Å². The third-order valence-corrected chi connectivity index (χ3v) is 0. The molecule has 0 aromatic rings. The van der Waals surface area contributed by atoms with Gasteiger partial charge in [-0.2, -0.15) is 0 Å². The first-order valence-corrected chi connectivity index (χ1v) is 4.71. The van der Waals surface area contributed by atoms with Crippen molar-refractivity contribution >= 4 is 77.0 Å². The van der Waals surface area contributed by atoms with Crippen LogP contribution in [0, 0.1) is 0 Å². The van der Waals surface area contributed by atoms with E-state index in [1.54, 1.807) is 0 Å². The minimum absolute atomic E-state index is 0. The summed E-state index contributed by atoms with van der Waals surface area (Å²) >= 11 is 0. The Morgan fingerprint density at radius 3 is 0.289 bits per heavy atom. The van der Waals surface area contributed by atoms with Crippen molar-refractivity contribution in [1.29, 1.82) is 0 Å². The van der Waals surface area contributed by atoms with E-state index in [-0.39, 0.29) is 81.8 Å². The van der Waals surface area contributed by atoms with Gasteiger partial charge in [0.2, 0.25) is 0 Å². The summed E-state index contributed by atoms with van der Waals surface area (Å²) < 4.78 is 0.